The number of nitrogens with one attached hydrogen (secondary N) is 1. The van der Waals surface area contributed by atoms with Crippen LogP contribution in [0.25, 0.3) is 11.0 Å². The predicted molar refractivity (Wildman–Crippen MR) is 76.4 cm³/mol. The third-order valence-corrected chi connectivity index (χ3v) is 4.54. The second kappa shape index (κ2) is 5.11. The third kappa shape index (κ3) is 2.40. The molecule has 6 nitrogen and oxygen atoms in total. The van der Waals surface area contributed by atoms with Gasteiger partial charge in [0.15, 0.2) is 0 Å². The zero-order chi connectivity index (χ0) is 14.2. The average Bonchev–Trinajstić information content (AvgIpc) is 2.80. The molecule has 110 valence electrons. The first-order valence-corrected chi connectivity index (χ1v) is 7.52. The summed E-state index contributed by atoms with van der Waals surface area (Å²) in [7, 11) is 0. The van der Waals surface area contributed by atoms with Crippen molar-refractivity contribution in [2.45, 2.75) is 31.8 Å². The van der Waals surface area contributed by atoms with Crippen LogP contribution in [0.15, 0.2) is 22.8 Å². The van der Waals surface area contributed by atoms with Crippen molar-refractivity contribution in [1.82, 2.24) is 20.5 Å². The molecule has 2 aliphatic rings. The molecule has 2 saturated heterocycles. The summed E-state index contributed by atoms with van der Waals surface area (Å²) in [5, 5.41) is 11.1. The van der Waals surface area contributed by atoms with Gasteiger partial charge in [-0.15, -0.1) is 0 Å². The van der Waals surface area contributed by atoms with E-state index >= 15 is 0 Å². The molecule has 1 N–H and O–H groups in total. The lowest BCUT2D eigenvalue weighted by molar-refractivity contribution is -0.124. The van der Waals surface area contributed by atoms with Gasteiger partial charge in [0.2, 0.25) is 5.91 Å². The highest BCUT2D eigenvalue weighted by Gasteiger charge is 2.32. The van der Waals surface area contributed by atoms with Crippen LogP contribution in [0, 0.1) is 5.92 Å². The van der Waals surface area contributed by atoms with Crippen molar-refractivity contribution in [1.29, 1.82) is 0 Å². The molecule has 0 aliphatic carbocycles. The Morgan fingerprint density at radius 1 is 1.29 bits per heavy atom. The monoisotopic (exact) mass is 286 g/mol. The van der Waals surface area contributed by atoms with Crippen molar-refractivity contribution in [3.05, 3.63) is 23.8 Å². The second-order valence-corrected chi connectivity index (χ2v) is 6.08. The number of nitrogens with zero attached hydrogens (tertiary/aromatic N) is 3. The molecule has 0 radical (unpaired) electrons. The molecule has 1 amide bonds. The molecular weight excluding hydrogens is 268 g/mol. The standard InChI is InChI=1S/C15H18N4O2/c20-15-11-4-1-5-12(16-15)9-19(8-11)7-10-3-2-6-13-14(10)18-21-17-13/h2-3,6,11-12H,1,4-5,7-9H2,(H,16,20)/t11-,12+/m1/s1. The zero-order valence-corrected chi connectivity index (χ0v) is 11.8. The predicted octanol–water partition coefficient (Wildman–Crippen LogP) is 1.32. The van der Waals surface area contributed by atoms with E-state index < -0.39 is 0 Å². The van der Waals surface area contributed by atoms with Gasteiger partial charge in [-0.1, -0.05) is 18.6 Å². The van der Waals surface area contributed by atoms with E-state index in [1.165, 1.54) is 0 Å². The van der Waals surface area contributed by atoms with Crippen LogP contribution in [0.2, 0.25) is 0 Å². The van der Waals surface area contributed by atoms with Crippen LogP contribution in [-0.4, -0.2) is 40.3 Å². The maximum absolute atomic E-state index is 12.1. The van der Waals surface area contributed by atoms with Crippen LogP contribution in [0.1, 0.15) is 24.8 Å². The minimum Gasteiger partial charge on any atom is -0.352 e. The van der Waals surface area contributed by atoms with E-state index in [0.717, 1.165) is 55.5 Å². The van der Waals surface area contributed by atoms with Crippen LogP contribution in [0.5, 0.6) is 0 Å². The Balaban J connectivity index is 1.59. The highest BCUT2D eigenvalue weighted by Crippen LogP contribution is 2.24. The molecule has 4 rings (SSSR count). The molecule has 2 atom stereocenters. The van der Waals surface area contributed by atoms with Crippen LogP contribution in [0.3, 0.4) is 0 Å². The molecule has 1 aromatic heterocycles. The normalized spacial score (nSPS) is 26.6. The molecular formula is C15H18N4O2. The lowest BCUT2D eigenvalue weighted by Crippen LogP contribution is -2.38. The fourth-order valence-corrected chi connectivity index (χ4v) is 3.50. The zero-order valence-electron chi connectivity index (χ0n) is 11.8. The lowest BCUT2D eigenvalue weighted by atomic mass is 9.99. The number of carbonyl (C=O) groups is 1. The summed E-state index contributed by atoms with van der Waals surface area (Å²) in [6.45, 7) is 2.52. The summed E-state index contributed by atoms with van der Waals surface area (Å²) in [4.78, 5) is 14.4. The van der Waals surface area contributed by atoms with Crippen molar-refractivity contribution in [3.8, 4) is 0 Å². The topological polar surface area (TPSA) is 71.3 Å². The van der Waals surface area contributed by atoms with Gasteiger partial charge in [-0.05, 0) is 34.8 Å². The molecule has 21 heavy (non-hydrogen) atoms. The Bertz CT molecular complexity index is 668. The second-order valence-electron chi connectivity index (χ2n) is 6.08. The average molecular weight is 286 g/mol. The van der Waals surface area contributed by atoms with E-state index in [2.05, 4.69) is 26.6 Å². The van der Waals surface area contributed by atoms with E-state index in [1.807, 2.05) is 12.1 Å². The Morgan fingerprint density at radius 2 is 2.24 bits per heavy atom. The first-order chi connectivity index (χ1) is 10.3. The molecule has 6 heteroatoms. The number of carbonyl (C=O) groups excluding carboxylic acids is 1. The molecule has 0 spiro atoms. The van der Waals surface area contributed by atoms with Gasteiger partial charge in [0.05, 0.1) is 5.92 Å². The van der Waals surface area contributed by atoms with Gasteiger partial charge in [-0.25, -0.2) is 4.63 Å². The number of likely N-dealkylation sites (tertiary alicyclic amines) is 1. The maximum atomic E-state index is 12.1. The van der Waals surface area contributed by atoms with Gasteiger partial charge in [0.25, 0.3) is 0 Å². The molecule has 2 fully saturated rings. The van der Waals surface area contributed by atoms with Gasteiger partial charge >= 0.3 is 0 Å². The number of aromatic nitrogens is 2. The fraction of sp³-hybridized carbons (Fsp3) is 0.533. The minimum absolute atomic E-state index is 0.118. The Morgan fingerprint density at radius 3 is 3.19 bits per heavy atom. The largest absolute Gasteiger partial charge is 0.352 e. The van der Waals surface area contributed by atoms with E-state index in [0.29, 0.717) is 0 Å². The van der Waals surface area contributed by atoms with Crippen molar-refractivity contribution < 1.29 is 9.42 Å². The first-order valence-electron chi connectivity index (χ1n) is 7.52. The number of hydrogen-bond donors (Lipinski definition) is 1. The van der Waals surface area contributed by atoms with Crippen LogP contribution in [-0.2, 0) is 11.3 Å². The molecule has 2 aromatic rings. The van der Waals surface area contributed by atoms with Crippen LogP contribution >= 0.6 is 0 Å². The number of amides is 1. The van der Waals surface area contributed by atoms with Crippen LogP contribution in [0.4, 0.5) is 0 Å². The molecule has 2 aliphatic heterocycles. The number of benzene rings is 1. The fourth-order valence-electron chi connectivity index (χ4n) is 3.50. The summed E-state index contributed by atoms with van der Waals surface area (Å²) in [5.74, 6) is 0.341. The molecule has 0 saturated carbocycles. The number of hydrogen-bond acceptors (Lipinski definition) is 5. The van der Waals surface area contributed by atoms with Crippen molar-refractivity contribution >= 4 is 16.9 Å². The Labute approximate surface area is 122 Å². The molecule has 1 aromatic carbocycles. The SMILES string of the molecule is O=C1N[C@H]2CCC[C@@H]1CN(Cc1cccc3nonc13)C2. The summed E-state index contributed by atoms with van der Waals surface area (Å²) >= 11 is 0. The van der Waals surface area contributed by atoms with E-state index in [1.54, 1.807) is 0 Å². The molecule has 0 unspecified atom stereocenters. The molecule has 2 bridgehead atoms. The van der Waals surface area contributed by atoms with Crippen LogP contribution < -0.4 is 5.32 Å². The quantitative estimate of drug-likeness (QED) is 0.901. The summed E-state index contributed by atoms with van der Waals surface area (Å²) < 4.78 is 4.83. The Kier molecular flexibility index (Phi) is 3.11. The lowest BCUT2D eigenvalue weighted by Gasteiger charge is -2.27. The summed E-state index contributed by atoms with van der Waals surface area (Å²) in [5.41, 5.74) is 2.73. The van der Waals surface area contributed by atoms with Crippen molar-refractivity contribution in [3.63, 3.8) is 0 Å². The minimum atomic E-state index is 0.118. The van der Waals surface area contributed by atoms with E-state index in [9.17, 15) is 4.79 Å². The summed E-state index contributed by atoms with van der Waals surface area (Å²) in [6, 6.07) is 6.21. The van der Waals surface area contributed by atoms with Crippen molar-refractivity contribution in [2.75, 3.05) is 13.1 Å². The van der Waals surface area contributed by atoms with Crippen molar-refractivity contribution in [2.24, 2.45) is 5.92 Å². The maximum Gasteiger partial charge on any atom is 0.224 e. The smallest absolute Gasteiger partial charge is 0.224 e. The third-order valence-electron chi connectivity index (χ3n) is 4.54. The highest BCUT2D eigenvalue weighted by atomic mass is 16.6. The highest BCUT2D eigenvalue weighted by molar-refractivity contribution is 5.80. The van der Waals surface area contributed by atoms with Gasteiger partial charge in [-0.2, -0.15) is 0 Å². The van der Waals surface area contributed by atoms with Gasteiger partial charge in [0.1, 0.15) is 11.0 Å². The Hall–Kier alpha value is -1.95. The van der Waals surface area contributed by atoms with Gasteiger partial charge in [0, 0.05) is 25.7 Å². The van der Waals surface area contributed by atoms with Gasteiger partial charge in [-0.3, -0.25) is 9.69 Å². The number of rotatable bonds is 2. The first kappa shape index (κ1) is 12.8. The summed E-state index contributed by atoms with van der Waals surface area (Å²) in [6.07, 6.45) is 3.22. The van der Waals surface area contributed by atoms with Gasteiger partial charge < -0.3 is 5.32 Å². The molecule has 3 heterocycles. The van der Waals surface area contributed by atoms with E-state index in [4.69, 9.17) is 4.63 Å². The number of fused-ring (bicyclic) bond motifs is 4. The van der Waals surface area contributed by atoms with E-state index in [-0.39, 0.29) is 17.9 Å².